The van der Waals surface area contributed by atoms with Crippen LogP contribution >= 0.6 is 0 Å². The summed E-state index contributed by atoms with van der Waals surface area (Å²) in [6, 6.07) is 12.3. The van der Waals surface area contributed by atoms with Crippen LogP contribution in [-0.4, -0.2) is 25.5 Å². The topological polar surface area (TPSA) is 82.8 Å². The van der Waals surface area contributed by atoms with Crippen molar-refractivity contribution in [3.63, 3.8) is 0 Å². The molecule has 0 atom stereocenters. The number of Topliss-reactive ketones (excluding diaryl/α,β-unsaturated/α-hetero) is 1. The van der Waals surface area contributed by atoms with Crippen LogP contribution in [0.5, 0.6) is 5.75 Å². The van der Waals surface area contributed by atoms with Gasteiger partial charge in [0.25, 0.3) is 0 Å². The SMILES string of the molecule is COC(=O)Cc1c(C)c2ccc(OCC(=O)c3ccccc3)c(C)c2oc1=O. The molecule has 3 aromatic rings. The Morgan fingerprint density at radius 3 is 2.39 bits per heavy atom. The van der Waals surface area contributed by atoms with Gasteiger partial charge in [0.15, 0.2) is 12.4 Å². The molecule has 6 heteroatoms. The molecule has 0 radical (unpaired) electrons. The molecule has 6 nitrogen and oxygen atoms in total. The van der Waals surface area contributed by atoms with Gasteiger partial charge in [0.05, 0.1) is 19.1 Å². The Kier molecular flexibility index (Phi) is 5.59. The lowest BCUT2D eigenvalue weighted by molar-refractivity contribution is -0.139. The van der Waals surface area contributed by atoms with Crippen LogP contribution in [0.4, 0.5) is 0 Å². The van der Waals surface area contributed by atoms with Crippen LogP contribution in [0.25, 0.3) is 11.0 Å². The molecule has 0 aliphatic heterocycles. The standard InChI is InChI=1S/C22H20O6/c1-13-16-9-10-19(27-12-18(23)15-7-5-4-6-8-15)14(2)21(16)28-22(25)17(13)11-20(24)26-3/h4-10H,11-12H2,1-3H3. The summed E-state index contributed by atoms with van der Waals surface area (Å²) in [6.07, 6.45) is -0.149. The molecule has 1 aromatic heterocycles. The first-order chi connectivity index (χ1) is 13.4. The summed E-state index contributed by atoms with van der Waals surface area (Å²) in [6.45, 7) is 3.39. The maximum atomic E-state index is 12.4. The van der Waals surface area contributed by atoms with Gasteiger partial charge in [-0.05, 0) is 31.5 Å². The molecule has 0 amide bonds. The van der Waals surface area contributed by atoms with Crippen LogP contribution in [-0.2, 0) is 16.0 Å². The van der Waals surface area contributed by atoms with Gasteiger partial charge in [-0.2, -0.15) is 0 Å². The molecule has 0 unspecified atom stereocenters. The second-order valence-electron chi connectivity index (χ2n) is 6.39. The number of aryl methyl sites for hydroxylation is 2. The van der Waals surface area contributed by atoms with E-state index in [2.05, 4.69) is 4.74 Å². The highest BCUT2D eigenvalue weighted by Gasteiger charge is 2.18. The van der Waals surface area contributed by atoms with Crippen molar-refractivity contribution >= 4 is 22.7 Å². The van der Waals surface area contributed by atoms with Gasteiger partial charge < -0.3 is 13.9 Å². The fraction of sp³-hybridized carbons (Fsp3) is 0.227. The third-order valence-corrected chi connectivity index (χ3v) is 4.66. The monoisotopic (exact) mass is 380 g/mol. The zero-order valence-electron chi connectivity index (χ0n) is 15.9. The lowest BCUT2D eigenvalue weighted by Gasteiger charge is -2.13. The molecule has 1 heterocycles. The lowest BCUT2D eigenvalue weighted by atomic mass is 10.0. The summed E-state index contributed by atoms with van der Waals surface area (Å²) in [5.74, 6) is -0.197. The molecule has 0 fully saturated rings. The molecular weight excluding hydrogens is 360 g/mol. The minimum absolute atomic E-state index is 0.125. The fourth-order valence-electron chi connectivity index (χ4n) is 3.00. The molecule has 0 saturated carbocycles. The van der Waals surface area contributed by atoms with Crippen molar-refractivity contribution in [1.82, 2.24) is 0 Å². The van der Waals surface area contributed by atoms with Crippen LogP contribution in [0, 0.1) is 13.8 Å². The lowest BCUT2D eigenvalue weighted by Crippen LogP contribution is -2.16. The summed E-state index contributed by atoms with van der Waals surface area (Å²) in [4.78, 5) is 36.1. The number of esters is 1. The van der Waals surface area contributed by atoms with E-state index in [1.807, 2.05) is 6.07 Å². The fourth-order valence-corrected chi connectivity index (χ4v) is 3.00. The van der Waals surface area contributed by atoms with Crippen molar-refractivity contribution in [3.05, 3.63) is 75.1 Å². The predicted octanol–water partition coefficient (Wildman–Crippen LogP) is 3.39. The van der Waals surface area contributed by atoms with E-state index in [1.54, 1.807) is 50.2 Å². The van der Waals surface area contributed by atoms with Crippen LogP contribution in [0.15, 0.2) is 51.7 Å². The average Bonchev–Trinajstić information content (AvgIpc) is 2.71. The number of carbonyl (C=O) groups is 2. The number of carbonyl (C=O) groups excluding carboxylic acids is 2. The van der Waals surface area contributed by atoms with E-state index >= 15 is 0 Å². The number of benzene rings is 2. The van der Waals surface area contributed by atoms with Crippen molar-refractivity contribution in [2.24, 2.45) is 0 Å². The number of rotatable bonds is 6. The first kappa shape index (κ1) is 19.4. The highest BCUT2D eigenvalue weighted by molar-refractivity contribution is 5.97. The summed E-state index contributed by atoms with van der Waals surface area (Å²) in [5, 5.41) is 0.706. The molecule has 0 aliphatic carbocycles. The smallest absolute Gasteiger partial charge is 0.340 e. The number of ketones is 1. The Morgan fingerprint density at radius 1 is 1.00 bits per heavy atom. The van der Waals surface area contributed by atoms with Gasteiger partial charge in [-0.1, -0.05) is 30.3 Å². The van der Waals surface area contributed by atoms with Gasteiger partial charge in [-0.15, -0.1) is 0 Å². The highest BCUT2D eigenvalue weighted by Crippen LogP contribution is 2.29. The molecule has 2 aromatic carbocycles. The van der Waals surface area contributed by atoms with E-state index in [9.17, 15) is 14.4 Å². The maximum absolute atomic E-state index is 12.4. The Hall–Kier alpha value is -3.41. The Morgan fingerprint density at radius 2 is 1.71 bits per heavy atom. The number of methoxy groups -OCH3 is 1. The van der Waals surface area contributed by atoms with Gasteiger partial charge in [0.2, 0.25) is 0 Å². The molecule has 0 spiro atoms. The van der Waals surface area contributed by atoms with E-state index in [0.29, 0.717) is 33.4 Å². The summed E-state index contributed by atoms with van der Waals surface area (Å²) >= 11 is 0. The predicted molar refractivity (Wildman–Crippen MR) is 104 cm³/mol. The molecule has 0 saturated heterocycles. The minimum Gasteiger partial charge on any atom is -0.485 e. The van der Waals surface area contributed by atoms with Crippen LogP contribution in [0.3, 0.4) is 0 Å². The number of fused-ring (bicyclic) bond motifs is 1. The van der Waals surface area contributed by atoms with Crippen LogP contribution < -0.4 is 10.4 Å². The molecule has 0 aliphatic rings. The van der Waals surface area contributed by atoms with Crippen molar-refractivity contribution in [2.75, 3.05) is 13.7 Å². The summed E-state index contributed by atoms with van der Waals surface area (Å²) < 4.78 is 15.8. The average molecular weight is 380 g/mol. The third-order valence-electron chi connectivity index (χ3n) is 4.66. The number of hydrogen-bond acceptors (Lipinski definition) is 6. The molecule has 28 heavy (non-hydrogen) atoms. The first-order valence-corrected chi connectivity index (χ1v) is 8.76. The largest absolute Gasteiger partial charge is 0.485 e. The molecular formula is C22H20O6. The first-order valence-electron chi connectivity index (χ1n) is 8.76. The van der Waals surface area contributed by atoms with Crippen molar-refractivity contribution < 1.29 is 23.5 Å². The number of ether oxygens (including phenoxy) is 2. The molecule has 0 bridgehead atoms. The third kappa shape index (κ3) is 3.81. The van der Waals surface area contributed by atoms with Gasteiger partial charge in [-0.3, -0.25) is 9.59 Å². The van der Waals surface area contributed by atoms with Crippen molar-refractivity contribution in [3.8, 4) is 5.75 Å². The Labute approximate surface area is 161 Å². The van der Waals surface area contributed by atoms with E-state index < -0.39 is 11.6 Å². The van der Waals surface area contributed by atoms with Gasteiger partial charge in [0.1, 0.15) is 11.3 Å². The van der Waals surface area contributed by atoms with Gasteiger partial charge in [-0.25, -0.2) is 4.79 Å². The van der Waals surface area contributed by atoms with E-state index in [4.69, 9.17) is 9.15 Å². The van der Waals surface area contributed by atoms with Crippen molar-refractivity contribution in [2.45, 2.75) is 20.3 Å². The van der Waals surface area contributed by atoms with E-state index in [0.717, 1.165) is 0 Å². The summed E-state index contributed by atoms with van der Waals surface area (Å²) in [7, 11) is 1.27. The maximum Gasteiger partial charge on any atom is 0.340 e. The zero-order chi connectivity index (χ0) is 20.3. The van der Waals surface area contributed by atoms with E-state index in [-0.39, 0.29) is 24.4 Å². The van der Waals surface area contributed by atoms with Crippen LogP contribution in [0.2, 0.25) is 0 Å². The van der Waals surface area contributed by atoms with Crippen LogP contribution in [0.1, 0.15) is 27.0 Å². The highest BCUT2D eigenvalue weighted by atomic mass is 16.5. The second kappa shape index (κ2) is 8.08. The van der Waals surface area contributed by atoms with Gasteiger partial charge >= 0.3 is 11.6 Å². The van der Waals surface area contributed by atoms with E-state index in [1.165, 1.54) is 7.11 Å². The second-order valence-corrected chi connectivity index (χ2v) is 6.39. The summed E-state index contributed by atoms with van der Waals surface area (Å²) in [5.41, 5.74) is 1.90. The van der Waals surface area contributed by atoms with Gasteiger partial charge in [0, 0.05) is 16.5 Å². The minimum atomic E-state index is -0.587. The zero-order valence-corrected chi connectivity index (χ0v) is 15.9. The quantitative estimate of drug-likeness (QED) is 0.370. The number of hydrogen-bond donors (Lipinski definition) is 0. The molecule has 3 rings (SSSR count). The Balaban J connectivity index is 1.91. The molecule has 0 N–H and O–H groups in total. The molecule has 144 valence electrons. The normalized spacial score (nSPS) is 10.7. The van der Waals surface area contributed by atoms with Crippen molar-refractivity contribution in [1.29, 1.82) is 0 Å². The Bertz CT molecular complexity index is 1100.